The molecule has 1 amide bonds. The van der Waals surface area contributed by atoms with Gasteiger partial charge in [0.15, 0.2) is 18.1 Å². The number of amides is 1. The summed E-state index contributed by atoms with van der Waals surface area (Å²) in [4.78, 5) is 24.9. The van der Waals surface area contributed by atoms with Crippen molar-refractivity contribution in [1.29, 1.82) is 0 Å². The van der Waals surface area contributed by atoms with Crippen molar-refractivity contribution < 1.29 is 23.8 Å². The summed E-state index contributed by atoms with van der Waals surface area (Å²) in [5.74, 6) is 0.00466. The molecular formula is C24H21NO5. The van der Waals surface area contributed by atoms with Gasteiger partial charge in [-0.2, -0.15) is 0 Å². The highest BCUT2D eigenvalue weighted by molar-refractivity contribution is 5.83. The minimum absolute atomic E-state index is 0.0358. The van der Waals surface area contributed by atoms with Crippen LogP contribution in [0.2, 0.25) is 0 Å². The van der Waals surface area contributed by atoms with E-state index in [9.17, 15) is 9.59 Å². The second-order valence-corrected chi connectivity index (χ2v) is 6.79. The van der Waals surface area contributed by atoms with Gasteiger partial charge in [-0.3, -0.25) is 4.79 Å². The summed E-state index contributed by atoms with van der Waals surface area (Å²) < 4.78 is 16.3. The summed E-state index contributed by atoms with van der Waals surface area (Å²) in [5, 5.41) is 2.94. The van der Waals surface area contributed by atoms with Gasteiger partial charge in [0.25, 0.3) is 5.91 Å². The molecule has 0 aromatic heterocycles. The van der Waals surface area contributed by atoms with E-state index in [0.717, 1.165) is 11.1 Å². The van der Waals surface area contributed by atoms with Crippen molar-refractivity contribution >= 4 is 11.9 Å². The van der Waals surface area contributed by atoms with Crippen LogP contribution < -0.4 is 14.8 Å². The summed E-state index contributed by atoms with van der Waals surface area (Å²) in [6, 6.07) is 26.0. The Morgan fingerprint density at radius 1 is 0.867 bits per heavy atom. The molecule has 1 aliphatic rings. The summed E-state index contributed by atoms with van der Waals surface area (Å²) in [7, 11) is 0. The Balaban J connectivity index is 1.37. The van der Waals surface area contributed by atoms with Gasteiger partial charge in [-0.15, -0.1) is 0 Å². The van der Waals surface area contributed by atoms with Gasteiger partial charge in [0.1, 0.15) is 6.61 Å². The van der Waals surface area contributed by atoms with Crippen LogP contribution in [0.4, 0.5) is 0 Å². The molecule has 0 bridgehead atoms. The molecule has 0 saturated heterocycles. The molecule has 1 atom stereocenters. The Hall–Kier alpha value is -3.80. The van der Waals surface area contributed by atoms with E-state index in [0.29, 0.717) is 11.5 Å². The summed E-state index contributed by atoms with van der Waals surface area (Å²) in [6.45, 7) is -0.370. The number of ether oxygens (including phenoxy) is 3. The largest absolute Gasteiger partial charge is 0.485 e. The molecular weight excluding hydrogens is 382 g/mol. The summed E-state index contributed by atoms with van der Waals surface area (Å²) in [5.41, 5.74) is 1.87. The Kier molecular flexibility index (Phi) is 5.94. The van der Waals surface area contributed by atoms with Gasteiger partial charge in [0, 0.05) is 0 Å². The van der Waals surface area contributed by atoms with Gasteiger partial charge < -0.3 is 19.5 Å². The van der Waals surface area contributed by atoms with Gasteiger partial charge in [0.2, 0.25) is 6.10 Å². The fourth-order valence-electron chi connectivity index (χ4n) is 3.22. The zero-order valence-corrected chi connectivity index (χ0v) is 16.2. The highest BCUT2D eigenvalue weighted by Crippen LogP contribution is 2.31. The standard InChI is InChI=1S/C24H21NO5/c26-22(16-29-24(27)21-15-28-19-13-7-8-14-20(19)30-21)25-23(17-9-3-1-4-10-17)18-11-5-2-6-12-18/h1-14,21,23H,15-16H2,(H,25,26)/t21-/m0/s1. The first kappa shape index (κ1) is 19.5. The van der Waals surface area contributed by atoms with Gasteiger partial charge in [-0.25, -0.2) is 4.79 Å². The predicted octanol–water partition coefficient (Wildman–Crippen LogP) is 3.28. The molecule has 0 radical (unpaired) electrons. The maximum absolute atomic E-state index is 12.5. The zero-order valence-electron chi connectivity index (χ0n) is 16.2. The van der Waals surface area contributed by atoms with E-state index in [2.05, 4.69) is 5.32 Å². The number of hydrogen-bond acceptors (Lipinski definition) is 5. The van der Waals surface area contributed by atoms with Gasteiger partial charge in [-0.05, 0) is 23.3 Å². The van der Waals surface area contributed by atoms with Crippen molar-refractivity contribution in [3.8, 4) is 11.5 Å². The minimum Gasteiger partial charge on any atom is -0.485 e. The van der Waals surface area contributed by atoms with Crippen LogP contribution in [0.25, 0.3) is 0 Å². The van der Waals surface area contributed by atoms with E-state index in [-0.39, 0.29) is 12.6 Å². The van der Waals surface area contributed by atoms with Crippen molar-refractivity contribution in [2.75, 3.05) is 13.2 Å². The number of hydrogen-bond donors (Lipinski definition) is 1. The molecule has 0 fully saturated rings. The van der Waals surface area contributed by atoms with Crippen molar-refractivity contribution in [2.45, 2.75) is 12.1 Å². The monoisotopic (exact) mass is 403 g/mol. The first-order chi connectivity index (χ1) is 14.7. The van der Waals surface area contributed by atoms with Crippen molar-refractivity contribution in [1.82, 2.24) is 5.32 Å². The second kappa shape index (κ2) is 9.13. The molecule has 30 heavy (non-hydrogen) atoms. The van der Waals surface area contributed by atoms with Gasteiger partial charge in [0.05, 0.1) is 6.04 Å². The summed E-state index contributed by atoms with van der Waals surface area (Å²) >= 11 is 0. The lowest BCUT2D eigenvalue weighted by atomic mass is 9.99. The van der Waals surface area contributed by atoms with E-state index in [1.54, 1.807) is 18.2 Å². The van der Waals surface area contributed by atoms with Gasteiger partial charge in [-0.1, -0.05) is 72.8 Å². The lowest BCUT2D eigenvalue weighted by Crippen LogP contribution is -2.40. The molecule has 1 N–H and O–H groups in total. The van der Waals surface area contributed by atoms with E-state index in [4.69, 9.17) is 14.2 Å². The zero-order chi connectivity index (χ0) is 20.8. The molecule has 0 spiro atoms. The second-order valence-electron chi connectivity index (χ2n) is 6.79. The van der Waals surface area contributed by atoms with Crippen LogP contribution in [0.1, 0.15) is 17.2 Å². The first-order valence-electron chi connectivity index (χ1n) is 9.65. The highest BCUT2D eigenvalue weighted by atomic mass is 16.6. The number of esters is 1. The van der Waals surface area contributed by atoms with Crippen LogP contribution in [0.5, 0.6) is 11.5 Å². The van der Waals surface area contributed by atoms with Gasteiger partial charge >= 0.3 is 5.97 Å². The molecule has 1 heterocycles. The Morgan fingerprint density at radius 3 is 2.07 bits per heavy atom. The fourth-order valence-corrected chi connectivity index (χ4v) is 3.22. The molecule has 3 aromatic carbocycles. The van der Waals surface area contributed by atoms with Crippen LogP contribution in [0, 0.1) is 0 Å². The quantitative estimate of drug-likeness (QED) is 0.640. The lowest BCUT2D eigenvalue weighted by molar-refractivity contribution is -0.157. The number of rotatable bonds is 6. The maximum Gasteiger partial charge on any atom is 0.351 e. The van der Waals surface area contributed by atoms with E-state index in [1.807, 2.05) is 66.7 Å². The molecule has 152 valence electrons. The number of fused-ring (bicyclic) bond motifs is 1. The topological polar surface area (TPSA) is 73.9 Å². The average molecular weight is 403 g/mol. The summed E-state index contributed by atoms with van der Waals surface area (Å²) in [6.07, 6.45) is -0.910. The average Bonchev–Trinajstić information content (AvgIpc) is 2.81. The number of carbonyl (C=O) groups excluding carboxylic acids is 2. The number of benzene rings is 3. The van der Waals surface area contributed by atoms with Crippen LogP contribution in [-0.2, 0) is 14.3 Å². The minimum atomic E-state index is -0.910. The normalized spacial score (nSPS) is 14.8. The number of para-hydroxylation sites is 2. The number of carbonyl (C=O) groups is 2. The van der Waals surface area contributed by atoms with E-state index in [1.165, 1.54) is 0 Å². The molecule has 6 nitrogen and oxygen atoms in total. The van der Waals surface area contributed by atoms with E-state index < -0.39 is 24.6 Å². The molecule has 1 aliphatic heterocycles. The van der Waals surface area contributed by atoms with E-state index >= 15 is 0 Å². The number of nitrogens with one attached hydrogen (secondary N) is 1. The van der Waals surface area contributed by atoms with Crippen LogP contribution >= 0.6 is 0 Å². The molecule has 3 aromatic rings. The highest BCUT2D eigenvalue weighted by Gasteiger charge is 2.29. The molecule has 0 unspecified atom stereocenters. The van der Waals surface area contributed by atoms with Crippen molar-refractivity contribution in [2.24, 2.45) is 0 Å². The fraction of sp³-hybridized carbons (Fsp3) is 0.167. The molecule has 0 aliphatic carbocycles. The van der Waals surface area contributed by atoms with Crippen molar-refractivity contribution in [3.63, 3.8) is 0 Å². The third-order valence-electron chi connectivity index (χ3n) is 4.69. The Bertz CT molecular complexity index is 967. The maximum atomic E-state index is 12.5. The third kappa shape index (κ3) is 4.60. The lowest BCUT2D eigenvalue weighted by Gasteiger charge is -2.25. The molecule has 0 saturated carbocycles. The SMILES string of the molecule is O=C(COC(=O)[C@@H]1COc2ccccc2O1)NC(c1ccccc1)c1ccccc1. The van der Waals surface area contributed by atoms with Crippen LogP contribution in [0.3, 0.4) is 0 Å². The smallest absolute Gasteiger partial charge is 0.351 e. The van der Waals surface area contributed by atoms with Crippen LogP contribution in [-0.4, -0.2) is 31.2 Å². The predicted molar refractivity (Wildman–Crippen MR) is 110 cm³/mol. The first-order valence-corrected chi connectivity index (χ1v) is 9.65. The molecule has 4 rings (SSSR count). The third-order valence-corrected chi connectivity index (χ3v) is 4.69. The van der Waals surface area contributed by atoms with Crippen LogP contribution in [0.15, 0.2) is 84.9 Å². The molecule has 6 heteroatoms. The Morgan fingerprint density at radius 2 is 1.43 bits per heavy atom. The Labute approximate surface area is 174 Å². The van der Waals surface area contributed by atoms with Crippen molar-refractivity contribution in [3.05, 3.63) is 96.1 Å².